The lowest BCUT2D eigenvalue weighted by Gasteiger charge is -2.46. The van der Waals surface area contributed by atoms with E-state index in [9.17, 15) is 0 Å². The molecule has 3 heteroatoms. The molecular formula is C17H34N2O. The highest BCUT2D eigenvalue weighted by molar-refractivity contribution is 4.95. The summed E-state index contributed by atoms with van der Waals surface area (Å²) in [5.41, 5.74) is 0.443. The second-order valence-electron chi connectivity index (χ2n) is 7.48. The minimum Gasteiger partial charge on any atom is -0.380 e. The van der Waals surface area contributed by atoms with E-state index in [-0.39, 0.29) is 0 Å². The highest BCUT2D eigenvalue weighted by Crippen LogP contribution is 2.39. The molecule has 118 valence electrons. The first-order valence-corrected chi connectivity index (χ1v) is 8.55. The number of nitrogens with one attached hydrogen (secondary N) is 1. The van der Waals surface area contributed by atoms with Gasteiger partial charge in [0.15, 0.2) is 0 Å². The minimum absolute atomic E-state index is 0.443. The summed E-state index contributed by atoms with van der Waals surface area (Å²) in [6, 6.07) is 0.679. The molecule has 2 aliphatic rings. The number of rotatable bonds is 6. The average Bonchev–Trinajstić information content (AvgIpc) is 2.85. The van der Waals surface area contributed by atoms with E-state index in [2.05, 4.69) is 31.0 Å². The van der Waals surface area contributed by atoms with Gasteiger partial charge in [-0.3, -0.25) is 0 Å². The van der Waals surface area contributed by atoms with E-state index in [4.69, 9.17) is 4.74 Å². The second kappa shape index (κ2) is 7.24. The number of methoxy groups -OCH3 is 1. The maximum atomic E-state index is 5.51. The number of likely N-dealkylation sites (tertiary alicyclic amines) is 1. The van der Waals surface area contributed by atoms with Crippen LogP contribution in [-0.4, -0.2) is 50.3 Å². The molecule has 1 aliphatic heterocycles. The van der Waals surface area contributed by atoms with Crippen LogP contribution in [0.5, 0.6) is 0 Å². The summed E-state index contributed by atoms with van der Waals surface area (Å²) in [4.78, 5) is 2.63. The SMILES string of the molecule is CCCNC1C(CN2CCC(OC)C2)CCCC1(C)C. The van der Waals surface area contributed by atoms with Crippen LogP contribution in [0.15, 0.2) is 0 Å². The second-order valence-corrected chi connectivity index (χ2v) is 7.48. The van der Waals surface area contributed by atoms with E-state index in [1.807, 2.05) is 7.11 Å². The van der Waals surface area contributed by atoms with Crippen molar-refractivity contribution in [2.24, 2.45) is 11.3 Å². The fraction of sp³-hybridized carbons (Fsp3) is 1.00. The lowest BCUT2D eigenvalue weighted by Crippen LogP contribution is -2.52. The minimum atomic E-state index is 0.443. The molecule has 1 saturated carbocycles. The molecule has 0 aromatic heterocycles. The highest BCUT2D eigenvalue weighted by Gasteiger charge is 2.39. The highest BCUT2D eigenvalue weighted by atomic mass is 16.5. The van der Waals surface area contributed by atoms with Gasteiger partial charge in [-0.15, -0.1) is 0 Å². The van der Waals surface area contributed by atoms with Crippen molar-refractivity contribution < 1.29 is 4.74 Å². The van der Waals surface area contributed by atoms with Gasteiger partial charge in [-0.25, -0.2) is 0 Å². The van der Waals surface area contributed by atoms with Crippen LogP contribution in [0.1, 0.15) is 52.9 Å². The first-order chi connectivity index (χ1) is 9.56. The van der Waals surface area contributed by atoms with E-state index >= 15 is 0 Å². The molecule has 0 bridgehead atoms. The van der Waals surface area contributed by atoms with E-state index in [1.165, 1.54) is 45.2 Å². The van der Waals surface area contributed by atoms with Gasteiger partial charge < -0.3 is 15.0 Å². The van der Waals surface area contributed by atoms with Crippen LogP contribution >= 0.6 is 0 Å². The maximum absolute atomic E-state index is 5.51. The Bertz CT molecular complexity index is 293. The van der Waals surface area contributed by atoms with Crippen molar-refractivity contribution in [3.8, 4) is 0 Å². The Morgan fingerprint density at radius 1 is 1.30 bits per heavy atom. The Labute approximate surface area is 125 Å². The third-order valence-corrected chi connectivity index (χ3v) is 5.38. The first-order valence-electron chi connectivity index (χ1n) is 8.55. The van der Waals surface area contributed by atoms with Gasteiger partial charge >= 0.3 is 0 Å². The smallest absolute Gasteiger partial charge is 0.0710 e. The van der Waals surface area contributed by atoms with Gasteiger partial charge in [0.1, 0.15) is 0 Å². The summed E-state index contributed by atoms with van der Waals surface area (Å²) in [7, 11) is 1.85. The molecule has 2 fully saturated rings. The summed E-state index contributed by atoms with van der Waals surface area (Å²) in [5.74, 6) is 0.806. The first kappa shape index (κ1) is 16.3. The average molecular weight is 282 g/mol. The van der Waals surface area contributed by atoms with Crippen LogP contribution in [0, 0.1) is 11.3 Å². The number of hydrogen-bond donors (Lipinski definition) is 1. The van der Waals surface area contributed by atoms with Gasteiger partial charge in [0.25, 0.3) is 0 Å². The van der Waals surface area contributed by atoms with Crippen molar-refractivity contribution in [1.82, 2.24) is 10.2 Å². The molecule has 1 N–H and O–H groups in total. The molecule has 0 amide bonds. The fourth-order valence-electron chi connectivity index (χ4n) is 4.21. The molecule has 0 spiro atoms. The topological polar surface area (TPSA) is 24.5 Å². The maximum Gasteiger partial charge on any atom is 0.0710 e. The normalized spacial score (nSPS) is 34.5. The predicted molar refractivity (Wildman–Crippen MR) is 85.1 cm³/mol. The Kier molecular flexibility index (Phi) is 5.88. The van der Waals surface area contributed by atoms with E-state index in [1.54, 1.807) is 0 Å². The van der Waals surface area contributed by atoms with Crippen LogP contribution in [-0.2, 0) is 4.74 Å². The lowest BCUT2D eigenvalue weighted by atomic mass is 9.67. The number of nitrogens with zero attached hydrogens (tertiary/aromatic N) is 1. The summed E-state index contributed by atoms with van der Waals surface area (Å²) >= 11 is 0. The lowest BCUT2D eigenvalue weighted by molar-refractivity contribution is 0.0732. The van der Waals surface area contributed by atoms with E-state index < -0.39 is 0 Å². The molecule has 3 atom stereocenters. The van der Waals surface area contributed by atoms with Gasteiger partial charge in [-0.05, 0) is 43.6 Å². The molecule has 20 heavy (non-hydrogen) atoms. The van der Waals surface area contributed by atoms with Crippen LogP contribution in [0.3, 0.4) is 0 Å². The van der Waals surface area contributed by atoms with Crippen LogP contribution in [0.4, 0.5) is 0 Å². The molecule has 0 aromatic carbocycles. The van der Waals surface area contributed by atoms with Crippen LogP contribution < -0.4 is 5.32 Å². The quantitative estimate of drug-likeness (QED) is 0.811. The largest absolute Gasteiger partial charge is 0.380 e. The summed E-state index contributed by atoms with van der Waals surface area (Å²) in [5, 5.41) is 3.85. The zero-order valence-electron chi connectivity index (χ0n) is 14.0. The van der Waals surface area contributed by atoms with Crippen LogP contribution in [0.25, 0.3) is 0 Å². The summed E-state index contributed by atoms with van der Waals surface area (Å²) < 4.78 is 5.51. The Hall–Kier alpha value is -0.120. The van der Waals surface area contributed by atoms with E-state index in [0.717, 1.165) is 19.0 Å². The molecule has 1 aliphatic carbocycles. The van der Waals surface area contributed by atoms with Crippen molar-refractivity contribution in [2.45, 2.75) is 65.0 Å². The van der Waals surface area contributed by atoms with Gasteiger partial charge in [-0.1, -0.05) is 27.2 Å². The van der Waals surface area contributed by atoms with Crippen molar-refractivity contribution >= 4 is 0 Å². The van der Waals surface area contributed by atoms with Crippen molar-refractivity contribution in [3.05, 3.63) is 0 Å². The van der Waals surface area contributed by atoms with Gasteiger partial charge in [0.05, 0.1) is 6.10 Å². The van der Waals surface area contributed by atoms with Gasteiger partial charge in [0, 0.05) is 32.8 Å². The molecule has 1 heterocycles. The molecule has 2 rings (SSSR count). The molecular weight excluding hydrogens is 248 g/mol. The Balaban J connectivity index is 1.93. The molecule has 3 nitrogen and oxygen atoms in total. The van der Waals surface area contributed by atoms with Gasteiger partial charge in [-0.2, -0.15) is 0 Å². The van der Waals surface area contributed by atoms with Crippen molar-refractivity contribution in [1.29, 1.82) is 0 Å². The predicted octanol–water partition coefficient (Wildman–Crippen LogP) is 2.90. The molecule has 0 aromatic rings. The van der Waals surface area contributed by atoms with Gasteiger partial charge in [0.2, 0.25) is 0 Å². The zero-order chi connectivity index (χ0) is 14.6. The van der Waals surface area contributed by atoms with Crippen molar-refractivity contribution in [3.63, 3.8) is 0 Å². The van der Waals surface area contributed by atoms with E-state index in [0.29, 0.717) is 17.6 Å². The standard InChI is InChI=1S/C17H34N2O/c1-5-10-18-16-14(7-6-9-17(16,2)3)12-19-11-8-15(13-19)20-4/h14-16,18H,5-13H2,1-4H3. The molecule has 1 saturated heterocycles. The molecule has 0 radical (unpaired) electrons. The third-order valence-electron chi connectivity index (χ3n) is 5.38. The number of ether oxygens (including phenoxy) is 1. The van der Waals surface area contributed by atoms with Crippen molar-refractivity contribution in [2.75, 3.05) is 33.3 Å². The third kappa shape index (κ3) is 3.96. The Morgan fingerprint density at radius 3 is 2.75 bits per heavy atom. The Morgan fingerprint density at radius 2 is 2.10 bits per heavy atom. The summed E-state index contributed by atoms with van der Waals surface area (Å²) in [6.07, 6.45) is 7.05. The van der Waals surface area contributed by atoms with Crippen LogP contribution in [0.2, 0.25) is 0 Å². The fourth-order valence-corrected chi connectivity index (χ4v) is 4.21. The number of hydrogen-bond acceptors (Lipinski definition) is 3. The monoisotopic (exact) mass is 282 g/mol. The molecule has 3 unspecified atom stereocenters. The summed E-state index contributed by atoms with van der Waals surface area (Å²) in [6.45, 7) is 11.9. The zero-order valence-corrected chi connectivity index (χ0v) is 14.0.